The molecule has 3 aromatic rings. The van der Waals surface area contributed by atoms with Gasteiger partial charge in [0.15, 0.2) is 0 Å². The predicted octanol–water partition coefficient (Wildman–Crippen LogP) is 3.94. The minimum absolute atomic E-state index is 0.192. The van der Waals surface area contributed by atoms with Gasteiger partial charge in [-0.1, -0.05) is 30.3 Å². The Hall–Kier alpha value is -3.51. The number of nitrogens with zero attached hydrogens (tertiary/aromatic N) is 1. The molecule has 6 heteroatoms. The van der Waals surface area contributed by atoms with Crippen molar-refractivity contribution in [1.82, 2.24) is 0 Å². The van der Waals surface area contributed by atoms with Crippen molar-refractivity contribution >= 4 is 23.0 Å². The molecule has 3 N–H and O–H groups in total. The summed E-state index contributed by atoms with van der Waals surface area (Å²) in [7, 11) is 0. The van der Waals surface area contributed by atoms with Gasteiger partial charge in [0.05, 0.1) is 24.6 Å². The molecular formula is C24H25N3O3. The maximum Gasteiger partial charge on any atom is 0.255 e. The number of nitrogen functional groups attached to an aromatic ring is 1. The first-order valence-corrected chi connectivity index (χ1v) is 9.99. The van der Waals surface area contributed by atoms with Crippen molar-refractivity contribution in [3.8, 4) is 5.75 Å². The zero-order valence-corrected chi connectivity index (χ0v) is 16.7. The van der Waals surface area contributed by atoms with Crippen LogP contribution in [-0.2, 0) is 11.3 Å². The van der Waals surface area contributed by atoms with Crippen LogP contribution >= 0.6 is 0 Å². The number of hydrogen-bond donors (Lipinski definition) is 2. The summed E-state index contributed by atoms with van der Waals surface area (Å²) in [5, 5.41) is 2.90. The van der Waals surface area contributed by atoms with Gasteiger partial charge >= 0.3 is 0 Å². The molecule has 1 saturated heterocycles. The van der Waals surface area contributed by atoms with Gasteiger partial charge < -0.3 is 25.4 Å². The van der Waals surface area contributed by atoms with Gasteiger partial charge in [0, 0.05) is 24.3 Å². The fraction of sp³-hybridized carbons (Fsp3) is 0.208. The van der Waals surface area contributed by atoms with E-state index >= 15 is 0 Å². The Balaban J connectivity index is 1.35. The van der Waals surface area contributed by atoms with Gasteiger partial charge in [0.2, 0.25) is 0 Å². The van der Waals surface area contributed by atoms with Gasteiger partial charge in [-0.3, -0.25) is 4.79 Å². The van der Waals surface area contributed by atoms with Crippen LogP contribution in [0.5, 0.6) is 5.75 Å². The van der Waals surface area contributed by atoms with Crippen LogP contribution in [0.25, 0.3) is 0 Å². The van der Waals surface area contributed by atoms with E-state index in [1.54, 1.807) is 30.3 Å². The summed E-state index contributed by atoms with van der Waals surface area (Å²) in [6, 6.07) is 22.7. The number of amides is 1. The maximum absolute atomic E-state index is 12.6. The lowest BCUT2D eigenvalue weighted by atomic mass is 10.1. The monoisotopic (exact) mass is 403 g/mol. The summed E-state index contributed by atoms with van der Waals surface area (Å²) in [6.45, 7) is 3.51. The second kappa shape index (κ2) is 9.33. The van der Waals surface area contributed by atoms with Gasteiger partial charge in [-0.25, -0.2) is 0 Å². The topological polar surface area (TPSA) is 76.8 Å². The van der Waals surface area contributed by atoms with Crippen LogP contribution in [-0.4, -0.2) is 32.2 Å². The molecule has 4 rings (SSSR count). The Kier molecular flexibility index (Phi) is 6.15. The Morgan fingerprint density at radius 2 is 1.73 bits per heavy atom. The van der Waals surface area contributed by atoms with Crippen molar-refractivity contribution in [3.63, 3.8) is 0 Å². The van der Waals surface area contributed by atoms with Crippen LogP contribution in [0.1, 0.15) is 15.9 Å². The van der Waals surface area contributed by atoms with Crippen molar-refractivity contribution in [1.29, 1.82) is 0 Å². The molecule has 0 saturated carbocycles. The molecule has 0 bridgehead atoms. The molecule has 0 spiro atoms. The molecule has 1 aliphatic rings. The highest BCUT2D eigenvalue weighted by Gasteiger charge is 2.14. The van der Waals surface area contributed by atoms with Crippen LogP contribution < -0.4 is 20.7 Å². The minimum atomic E-state index is -0.192. The number of anilines is 3. The number of carbonyl (C=O) groups excluding carboxylic acids is 1. The molecule has 0 radical (unpaired) electrons. The smallest absolute Gasteiger partial charge is 0.255 e. The van der Waals surface area contributed by atoms with Gasteiger partial charge in [-0.05, 0) is 48.0 Å². The maximum atomic E-state index is 12.6. The van der Waals surface area contributed by atoms with Gasteiger partial charge in [-0.2, -0.15) is 0 Å². The summed E-state index contributed by atoms with van der Waals surface area (Å²) >= 11 is 0. The second-order valence-electron chi connectivity index (χ2n) is 7.13. The number of benzene rings is 3. The van der Waals surface area contributed by atoms with Gasteiger partial charge in [0.1, 0.15) is 12.4 Å². The largest absolute Gasteiger partial charge is 0.489 e. The standard InChI is InChI=1S/C24H25N3O3/c25-22-16-20(8-11-23(22)27-12-14-29-15-13-27)26-24(28)19-6-9-21(10-7-19)30-17-18-4-2-1-3-5-18/h1-11,16H,12-15,17,25H2,(H,26,28). The van der Waals surface area contributed by atoms with E-state index in [1.807, 2.05) is 42.5 Å². The van der Waals surface area contributed by atoms with Crippen LogP contribution in [0.2, 0.25) is 0 Å². The highest BCUT2D eigenvalue weighted by atomic mass is 16.5. The van der Waals surface area contributed by atoms with E-state index in [0.29, 0.717) is 36.8 Å². The first-order valence-electron chi connectivity index (χ1n) is 9.99. The second-order valence-corrected chi connectivity index (χ2v) is 7.13. The molecule has 1 fully saturated rings. The Bertz CT molecular complexity index is 984. The molecule has 154 valence electrons. The Morgan fingerprint density at radius 1 is 1.00 bits per heavy atom. The molecule has 0 aliphatic carbocycles. The van der Waals surface area contributed by atoms with Crippen molar-refractivity contribution in [2.24, 2.45) is 0 Å². The third-order valence-electron chi connectivity index (χ3n) is 5.00. The number of morpholine rings is 1. The van der Waals surface area contributed by atoms with Crippen molar-refractivity contribution in [2.45, 2.75) is 6.61 Å². The van der Waals surface area contributed by atoms with E-state index in [1.165, 1.54) is 0 Å². The number of carbonyl (C=O) groups is 1. The summed E-state index contributed by atoms with van der Waals surface area (Å²) in [6.07, 6.45) is 0. The average molecular weight is 403 g/mol. The van der Waals surface area contributed by atoms with Crippen LogP contribution in [0, 0.1) is 0 Å². The number of ether oxygens (including phenoxy) is 2. The molecule has 1 heterocycles. The van der Waals surface area contributed by atoms with E-state index in [-0.39, 0.29) is 5.91 Å². The highest BCUT2D eigenvalue weighted by Crippen LogP contribution is 2.27. The predicted molar refractivity (Wildman–Crippen MR) is 119 cm³/mol. The van der Waals surface area contributed by atoms with Gasteiger partial charge in [0.25, 0.3) is 5.91 Å². The van der Waals surface area contributed by atoms with Crippen LogP contribution in [0.15, 0.2) is 72.8 Å². The summed E-state index contributed by atoms with van der Waals surface area (Å²) < 4.78 is 11.2. The summed E-state index contributed by atoms with van der Waals surface area (Å²) in [4.78, 5) is 14.8. The van der Waals surface area contributed by atoms with E-state index in [0.717, 1.165) is 30.1 Å². The molecule has 0 unspecified atom stereocenters. The molecule has 1 amide bonds. The third kappa shape index (κ3) is 4.90. The fourth-order valence-corrected chi connectivity index (χ4v) is 3.37. The molecule has 0 aromatic heterocycles. The Morgan fingerprint density at radius 3 is 2.43 bits per heavy atom. The SMILES string of the molecule is Nc1cc(NC(=O)c2ccc(OCc3ccccc3)cc2)ccc1N1CCOCC1. The van der Waals surface area contributed by atoms with E-state index in [9.17, 15) is 4.79 Å². The van der Waals surface area contributed by atoms with Crippen LogP contribution in [0.4, 0.5) is 17.1 Å². The molecule has 30 heavy (non-hydrogen) atoms. The highest BCUT2D eigenvalue weighted by molar-refractivity contribution is 6.04. The summed E-state index contributed by atoms with van der Waals surface area (Å²) in [5.41, 5.74) is 10.1. The van der Waals surface area contributed by atoms with Crippen molar-refractivity contribution in [2.75, 3.05) is 42.3 Å². The lowest BCUT2D eigenvalue weighted by molar-refractivity contribution is 0.102. The number of nitrogens with one attached hydrogen (secondary N) is 1. The molecule has 0 atom stereocenters. The van der Waals surface area contributed by atoms with Crippen molar-refractivity contribution < 1.29 is 14.3 Å². The minimum Gasteiger partial charge on any atom is -0.489 e. The van der Waals surface area contributed by atoms with E-state index < -0.39 is 0 Å². The zero-order valence-electron chi connectivity index (χ0n) is 16.7. The summed E-state index contributed by atoms with van der Waals surface area (Å²) in [5.74, 6) is 0.526. The van der Waals surface area contributed by atoms with E-state index in [4.69, 9.17) is 15.2 Å². The quantitative estimate of drug-likeness (QED) is 0.610. The lowest BCUT2D eigenvalue weighted by Crippen LogP contribution is -2.36. The van der Waals surface area contributed by atoms with E-state index in [2.05, 4.69) is 10.2 Å². The van der Waals surface area contributed by atoms with Crippen molar-refractivity contribution in [3.05, 3.63) is 83.9 Å². The third-order valence-corrected chi connectivity index (χ3v) is 5.00. The van der Waals surface area contributed by atoms with Gasteiger partial charge in [-0.15, -0.1) is 0 Å². The number of nitrogens with two attached hydrogens (primary N) is 1. The number of hydrogen-bond acceptors (Lipinski definition) is 5. The molecule has 6 nitrogen and oxygen atoms in total. The average Bonchev–Trinajstić information content (AvgIpc) is 2.79. The molecule has 1 aliphatic heterocycles. The first-order chi connectivity index (χ1) is 14.7. The normalized spacial score (nSPS) is 13.7. The molecule has 3 aromatic carbocycles. The Labute approximate surface area is 176 Å². The van der Waals surface area contributed by atoms with Crippen LogP contribution in [0.3, 0.4) is 0 Å². The zero-order chi connectivity index (χ0) is 20.8. The molecular weight excluding hydrogens is 378 g/mol. The fourth-order valence-electron chi connectivity index (χ4n) is 3.37. The lowest BCUT2D eigenvalue weighted by Gasteiger charge is -2.30. The first kappa shape index (κ1) is 19.8. The number of rotatable bonds is 6.